The van der Waals surface area contributed by atoms with E-state index < -0.39 is 11.9 Å². The van der Waals surface area contributed by atoms with Crippen LogP contribution in [0.5, 0.6) is 0 Å². The molecule has 1 aliphatic rings. The lowest BCUT2D eigenvalue weighted by atomic mass is 9.94. The van der Waals surface area contributed by atoms with Crippen LogP contribution < -0.4 is 5.32 Å². The van der Waals surface area contributed by atoms with Gasteiger partial charge in [-0.05, 0) is 36.5 Å². The minimum absolute atomic E-state index is 0.0172. The van der Waals surface area contributed by atoms with Gasteiger partial charge in [-0.1, -0.05) is 30.3 Å². The van der Waals surface area contributed by atoms with Crippen LogP contribution in [0.15, 0.2) is 60.9 Å². The maximum atomic E-state index is 13.5. The smallest absolute Gasteiger partial charge is 0.381 e. The number of alkyl halides is 3. The summed E-state index contributed by atoms with van der Waals surface area (Å²) in [5.74, 6) is 0.449. The average molecular weight is 414 g/mol. The van der Waals surface area contributed by atoms with Crippen molar-refractivity contribution >= 4 is 5.82 Å². The summed E-state index contributed by atoms with van der Waals surface area (Å²) in [7, 11) is 0. The minimum atomic E-state index is -4.59. The summed E-state index contributed by atoms with van der Waals surface area (Å²) in [6.07, 6.45) is 0.0776. The monoisotopic (exact) mass is 414 g/mol. The SMILES string of the molecule is FC(F)(F)c1cc(NC(CC2CCOC2)c2ccccc2)nc(-c2cccnc2)n1. The Bertz CT molecular complexity index is 961. The zero-order chi connectivity index (χ0) is 21.0. The van der Waals surface area contributed by atoms with Gasteiger partial charge in [-0.25, -0.2) is 9.97 Å². The number of hydrogen-bond donors (Lipinski definition) is 1. The van der Waals surface area contributed by atoms with E-state index in [-0.39, 0.29) is 17.7 Å². The normalized spacial score (nSPS) is 17.6. The van der Waals surface area contributed by atoms with Gasteiger partial charge in [-0.2, -0.15) is 13.2 Å². The van der Waals surface area contributed by atoms with E-state index in [2.05, 4.69) is 20.3 Å². The fraction of sp³-hybridized carbons (Fsp3) is 0.318. The molecule has 0 aliphatic carbocycles. The molecule has 5 nitrogen and oxygen atoms in total. The van der Waals surface area contributed by atoms with Crippen LogP contribution in [-0.2, 0) is 10.9 Å². The number of rotatable bonds is 6. The average Bonchev–Trinajstić information content (AvgIpc) is 3.27. The van der Waals surface area contributed by atoms with Gasteiger partial charge < -0.3 is 10.1 Å². The molecule has 1 aromatic carbocycles. The van der Waals surface area contributed by atoms with Gasteiger partial charge in [0.05, 0.1) is 6.04 Å². The molecule has 0 saturated carbocycles. The Morgan fingerprint density at radius 2 is 1.93 bits per heavy atom. The van der Waals surface area contributed by atoms with Crippen molar-refractivity contribution in [1.29, 1.82) is 0 Å². The maximum absolute atomic E-state index is 13.5. The van der Waals surface area contributed by atoms with Gasteiger partial charge in [0.15, 0.2) is 11.5 Å². The van der Waals surface area contributed by atoms with Crippen molar-refractivity contribution in [3.63, 3.8) is 0 Å². The van der Waals surface area contributed by atoms with Gasteiger partial charge in [0, 0.05) is 37.2 Å². The summed E-state index contributed by atoms with van der Waals surface area (Å²) in [4.78, 5) is 12.0. The largest absolute Gasteiger partial charge is 0.433 e. The lowest BCUT2D eigenvalue weighted by Crippen LogP contribution is -2.18. The summed E-state index contributed by atoms with van der Waals surface area (Å²) < 4.78 is 46.0. The predicted molar refractivity (Wildman–Crippen MR) is 107 cm³/mol. The molecule has 0 spiro atoms. The molecule has 2 atom stereocenters. The van der Waals surface area contributed by atoms with Crippen LogP contribution >= 0.6 is 0 Å². The van der Waals surface area contributed by atoms with Crippen LogP contribution in [0, 0.1) is 5.92 Å². The number of nitrogens with zero attached hydrogens (tertiary/aromatic N) is 3. The lowest BCUT2D eigenvalue weighted by molar-refractivity contribution is -0.141. The molecule has 3 aromatic rings. The van der Waals surface area contributed by atoms with E-state index in [1.54, 1.807) is 18.3 Å². The van der Waals surface area contributed by atoms with Crippen molar-refractivity contribution in [2.45, 2.75) is 25.1 Å². The summed E-state index contributed by atoms with van der Waals surface area (Å²) in [5.41, 5.74) is 0.418. The molecule has 3 heterocycles. The Labute approximate surface area is 172 Å². The highest BCUT2D eigenvalue weighted by molar-refractivity contribution is 5.56. The highest BCUT2D eigenvalue weighted by atomic mass is 19.4. The Morgan fingerprint density at radius 3 is 2.60 bits per heavy atom. The van der Waals surface area contributed by atoms with Crippen LogP contribution in [0.1, 0.15) is 30.1 Å². The molecule has 0 radical (unpaired) electrons. The van der Waals surface area contributed by atoms with Crippen molar-refractivity contribution in [3.05, 3.63) is 72.2 Å². The van der Waals surface area contributed by atoms with Crippen molar-refractivity contribution in [2.24, 2.45) is 5.92 Å². The van der Waals surface area contributed by atoms with E-state index in [4.69, 9.17) is 4.74 Å². The third kappa shape index (κ3) is 4.94. The quantitative estimate of drug-likeness (QED) is 0.605. The van der Waals surface area contributed by atoms with Gasteiger partial charge >= 0.3 is 6.18 Å². The standard InChI is InChI=1S/C22H21F3N4O/c23-22(24,25)19-12-20(29-21(28-19)17-7-4-9-26-13-17)27-18(11-15-8-10-30-14-15)16-5-2-1-3-6-16/h1-7,9,12-13,15,18H,8,10-11,14H2,(H,27,28,29). The van der Waals surface area contributed by atoms with E-state index >= 15 is 0 Å². The molecule has 8 heteroatoms. The molecule has 30 heavy (non-hydrogen) atoms. The number of anilines is 1. The summed E-state index contributed by atoms with van der Waals surface area (Å²) in [6.45, 7) is 1.37. The van der Waals surface area contributed by atoms with Gasteiger partial charge in [-0.15, -0.1) is 0 Å². The third-order valence-corrected chi connectivity index (χ3v) is 5.05. The van der Waals surface area contributed by atoms with Crippen molar-refractivity contribution < 1.29 is 17.9 Å². The van der Waals surface area contributed by atoms with Crippen LogP contribution in [0.4, 0.5) is 19.0 Å². The first-order valence-electron chi connectivity index (χ1n) is 9.75. The third-order valence-electron chi connectivity index (χ3n) is 5.05. The van der Waals surface area contributed by atoms with E-state index in [0.29, 0.717) is 24.7 Å². The van der Waals surface area contributed by atoms with Crippen molar-refractivity contribution in [1.82, 2.24) is 15.0 Å². The number of aromatic nitrogens is 3. The molecule has 1 saturated heterocycles. The fourth-order valence-corrected chi connectivity index (χ4v) is 3.54. The number of halogens is 3. The van der Waals surface area contributed by atoms with E-state index in [0.717, 1.165) is 24.5 Å². The zero-order valence-corrected chi connectivity index (χ0v) is 16.1. The molecule has 1 N–H and O–H groups in total. The topological polar surface area (TPSA) is 59.9 Å². The van der Waals surface area contributed by atoms with Gasteiger partial charge in [0.1, 0.15) is 5.82 Å². The van der Waals surface area contributed by atoms with Gasteiger partial charge in [0.25, 0.3) is 0 Å². The Balaban J connectivity index is 1.69. The predicted octanol–water partition coefficient (Wildman–Crippen LogP) is 5.14. The van der Waals surface area contributed by atoms with Crippen molar-refractivity contribution in [3.8, 4) is 11.4 Å². The molecule has 1 aliphatic heterocycles. The van der Waals surface area contributed by atoms with E-state index in [9.17, 15) is 13.2 Å². The minimum Gasteiger partial charge on any atom is -0.381 e. The zero-order valence-electron chi connectivity index (χ0n) is 16.1. The molecule has 2 aromatic heterocycles. The number of benzene rings is 1. The highest BCUT2D eigenvalue weighted by Crippen LogP contribution is 2.33. The molecular formula is C22H21F3N4O. The molecule has 1 fully saturated rings. The Hall–Kier alpha value is -3.00. The van der Waals surface area contributed by atoms with E-state index in [1.165, 1.54) is 6.20 Å². The van der Waals surface area contributed by atoms with Crippen LogP contribution in [-0.4, -0.2) is 28.2 Å². The second kappa shape index (κ2) is 8.79. The second-order valence-corrected chi connectivity index (χ2v) is 7.27. The fourth-order valence-electron chi connectivity index (χ4n) is 3.54. The molecule has 156 valence electrons. The van der Waals surface area contributed by atoms with Crippen LogP contribution in [0.2, 0.25) is 0 Å². The number of hydrogen-bond acceptors (Lipinski definition) is 5. The first-order chi connectivity index (χ1) is 14.5. The first-order valence-corrected chi connectivity index (χ1v) is 9.75. The Kier molecular flexibility index (Phi) is 5.94. The maximum Gasteiger partial charge on any atom is 0.433 e. The van der Waals surface area contributed by atoms with Crippen LogP contribution in [0.3, 0.4) is 0 Å². The Morgan fingerprint density at radius 1 is 1.10 bits per heavy atom. The molecule has 0 bridgehead atoms. The number of ether oxygens (including phenoxy) is 1. The van der Waals surface area contributed by atoms with Crippen LogP contribution in [0.25, 0.3) is 11.4 Å². The molecule has 0 amide bonds. The summed E-state index contributed by atoms with van der Waals surface area (Å²) in [5, 5.41) is 3.22. The molecule has 2 unspecified atom stereocenters. The molecular weight excluding hydrogens is 393 g/mol. The summed E-state index contributed by atoms with van der Waals surface area (Å²) >= 11 is 0. The first kappa shape index (κ1) is 20.3. The van der Waals surface area contributed by atoms with Gasteiger partial charge in [-0.3, -0.25) is 4.98 Å². The molecule has 4 rings (SSSR count). The second-order valence-electron chi connectivity index (χ2n) is 7.27. The van der Waals surface area contributed by atoms with E-state index in [1.807, 2.05) is 30.3 Å². The number of nitrogens with one attached hydrogen (secondary N) is 1. The summed E-state index contributed by atoms with van der Waals surface area (Å²) in [6, 6.07) is 13.7. The highest BCUT2D eigenvalue weighted by Gasteiger charge is 2.34. The van der Waals surface area contributed by atoms with Crippen molar-refractivity contribution in [2.75, 3.05) is 18.5 Å². The van der Waals surface area contributed by atoms with Gasteiger partial charge in [0.2, 0.25) is 0 Å². The number of pyridine rings is 1. The lowest BCUT2D eigenvalue weighted by Gasteiger charge is -2.23.